The van der Waals surface area contributed by atoms with Crippen molar-refractivity contribution in [2.75, 3.05) is 0 Å². The molecule has 2 aromatic carbocycles. The molecule has 0 radical (unpaired) electrons. The Morgan fingerprint density at radius 2 is 2.05 bits per heavy atom. The fraction of sp³-hybridized carbons (Fsp3) is 0.0769. The zero-order chi connectivity index (χ0) is 14.7. The molecule has 0 heterocycles. The van der Waals surface area contributed by atoms with Crippen molar-refractivity contribution in [1.29, 1.82) is 0 Å². The fourth-order valence-corrected chi connectivity index (χ4v) is 2.08. The van der Waals surface area contributed by atoms with Crippen LogP contribution in [0.25, 0.3) is 0 Å². The first-order valence-electron chi connectivity index (χ1n) is 5.48. The van der Waals surface area contributed by atoms with Gasteiger partial charge in [-0.05, 0) is 40.2 Å². The van der Waals surface area contributed by atoms with E-state index in [1.807, 2.05) is 0 Å². The third-order valence-corrected chi connectivity index (χ3v) is 3.49. The van der Waals surface area contributed by atoms with Gasteiger partial charge in [0, 0.05) is 17.7 Å². The van der Waals surface area contributed by atoms with E-state index < -0.39 is 4.92 Å². The van der Waals surface area contributed by atoms with Gasteiger partial charge in [0.25, 0.3) is 5.69 Å². The topological polar surface area (TPSA) is 52.4 Å². The summed E-state index contributed by atoms with van der Waals surface area (Å²) in [5.74, 6) is 0.0819. The minimum Gasteiger partial charge on any atom is -0.489 e. The maximum absolute atomic E-state index is 13.1. The quantitative estimate of drug-likeness (QED) is 0.585. The molecular weight excluding hydrogens is 353 g/mol. The molecule has 0 saturated carbocycles. The number of non-ortho nitro benzene ring substituents is 1. The molecule has 104 valence electrons. The van der Waals surface area contributed by atoms with Crippen LogP contribution in [0.2, 0.25) is 5.02 Å². The molecule has 0 aromatic heterocycles. The second kappa shape index (κ2) is 6.19. The monoisotopic (exact) mass is 359 g/mol. The summed E-state index contributed by atoms with van der Waals surface area (Å²) in [6.45, 7) is 0.134. The van der Waals surface area contributed by atoms with Crippen LogP contribution in [0.15, 0.2) is 40.9 Å². The number of nitro groups is 1. The normalized spacial score (nSPS) is 10.3. The van der Waals surface area contributed by atoms with Crippen molar-refractivity contribution in [3.05, 3.63) is 67.4 Å². The van der Waals surface area contributed by atoms with E-state index in [-0.39, 0.29) is 23.1 Å². The van der Waals surface area contributed by atoms with Gasteiger partial charge in [-0.1, -0.05) is 11.6 Å². The van der Waals surface area contributed by atoms with Gasteiger partial charge in [0.15, 0.2) is 0 Å². The summed E-state index contributed by atoms with van der Waals surface area (Å²) < 4.78 is 18.8. The minimum atomic E-state index is -0.520. The van der Waals surface area contributed by atoms with Crippen LogP contribution in [-0.2, 0) is 6.61 Å². The number of nitro benzene ring substituents is 1. The molecule has 7 heteroatoms. The van der Waals surface area contributed by atoms with Crippen molar-refractivity contribution in [3.8, 4) is 5.75 Å². The van der Waals surface area contributed by atoms with E-state index in [1.165, 1.54) is 36.4 Å². The zero-order valence-electron chi connectivity index (χ0n) is 9.98. The van der Waals surface area contributed by atoms with Gasteiger partial charge in [0.05, 0.1) is 14.4 Å². The number of hydrogen-bond acceptors (Lipinski definition) is 3. The molecule has 0 spiro atoms. The zero-order valence-corrected chi connectivity index (χ0v) is 12.3. The maximum Gasteiger partial charge on any atom is 0.270 e. The molecule has 0 aliphatic carbocycles. The summed E-state index contributed by atoms with van der Waals surface area (Å²) in [6, 6.07) is 8.40. The third kappa shape index (κ3) is 3.46. The Hall–Kier alpha value is -1.66. The standard InChI is InChI=1S/C13H8BrClFNO3/c14-11-6-10(3-4-13(11)16)20-7-8-1-2-9(17(18)19)5-12(8)15/h1-6H,7H2. The van der Waals surface area contributed by atoms with Gasteiger partial charge in [-0.3, -0.25) is 10.1 Å². The molecule has 2 aromatic rings. The molecule has 4 nitrogen and oxygen atoms in total. The lowest BCUT2D eigenvalue weighted by Gasteiger charge is -2.08. The second-order valence-corrected chi connectivity index (χ2v) is 5.16. The number of hydrogen-bond donors (Lipinski definition) is 0. The Morgan fingerprint density at radius 3 is 2.65 bits per heavy atom. The van der Waals surface area contributed by atoms with E-state index >= 15 is 0 Å². The summed E-state index contributed by atoms with van der Waals surface area (Å²) in [4.78, 5) is 10.1. The van der Waals surface area contributed by atoms with Gasteiger partial charge < -0.3 is 4.74 Å². The largest absolute Gasteiger partial charge is 0.489 e. The molecule has 0 saturated heterocycles. The second-order valence-electron chi connectivity index (χ2n) is 3.90. The van der Waals surface area contributed by atoms with Crippen LogP contribution in [0.3, 0.4) is 0 Å². The average molecular weight is 361 g/mol. The van der Waals surface area contributed by atoms with Gasteiger partial charge in [-0.2, -0.15) is 0 Å². The van der Waals surface area contributed by atoms with E-state index in [4.69, 9.17) is 16.3 Å². The van der Waals surface area contributed by atoms with Crippen molar-refractivity contribution >= 4 is 33.2 Å². The smallest absolute Gasteiger partial charge is 0.270 e. The molecule has 0 fully saturated rings. The Morgan fingerprint density at radius 1 is 1.30 bits per heavy atom. The first kappa shape index (κ1) is 14.7. The van der Waals surface area contributed by atoms with Gasteiger partial charge in [-0.15, -0.1) is 0 Å². The molecule has 0 atom stereocenters. The predicted octanol–water partition coefficient (Wildman–Crippen LogP) is 4.73. The van der Waals surface area contributed by atoms with Crippen LogP contribution in [0.5, 0.6) is 5.75 Å². The van der Waals surface area contributed by atoms with Gasteiger partial charge in [0.2, 0.25) is 0 Å². The molecule has 0 unspecified atom stereocenters. The number of nitrogens with zero attached hydrogens (tertiary/aromatic N) is 1. The Balaban J connectivity index is 2.10. The highest BCUT2D eigenvalue weighted by molar-refractivity contribution is 9.10. The van der Waals surface area contributed by atoms with Crippen molar-refractivity contribution in [3.63, 3.8) is 0 Å². The highest BCUT2D eigenvalue weighted by Crippen LogP contribution is 2.25. The summed E-state index contributed by atoms with van der Waals surface area (Å²) in [5, 5.41) is 10.8. The summed E-state index contributed by atoms with van der Waals surface area (Å²) in [5.41, 5.74) is 0.529. The van der Waals surface area contributed by atoms with Crippen molar-refractivity contribution in [2.45, 2.75) is 6.61 Å². The van der Waals surface area contributed by atoms with E-state index in [0.717, 1.165) is 0 Å². The Kier molecular flexibility index (Phi) is 4.57. The maximum atomic E-state index is 13.1. The van der Waals surface area contributed by atoms with Crippen LogP contribution < -0.4 is 4.74 Å². The van der Waals surface area contributed by atoms with Crippen molar-refractivity contribution < 1.29 is 14.1 Å². The number of rotatable bonds is 4. The lowest BCUT2D eigenvalue weighted by atomic mass is 10.2. The highest BCUT2D eigenvalue weighted by atomic mass is 79.9. The molecule has 0 amide bonds. The molecule has 0 aliphatic rings. The van der Waals surface area contributed by atoms with Crippen LogP contribution in [0, 0.1) is 15.9 Å². The van der Waals surface area contributed by atoms with E-state index in [1.54, 1.807) is 0 Å². The van der Waals surface area contributed by atoms with Crippen molar-refractivity contribution in [2.24, 2.45) is 0 Å². The van der Waals surface area contributed by atoms with E-state index in [2.05, 4.69) is 15.9 Å². The van der Waals surface area contributed by atoms with Crippen LogP contribution >= 0.6 is 27.5 Å². The average Bonchev–Trinajstić information content (AvgIpc) is 2.41. The highest BCUT2D eigenvalue weighted by Gasteiger charge is 2.10. The molecular formula is C13H8BrClFNO3. The lowest BCUT2D eigenvalue weighted by Crippen LogP contribution is -1.97. The SMILES string of the molecule is O=[N+]([O-])c1ccc(COc2ccc(F)c(Br)c2)c(Cl)c1. The lowest BCUT2D eigenvalue weighted by molar-refractivity contribution is -0.384. The summed E-state index contributed by atoms with van der Waals surface area (Å²) in [6.07, 6.45) is 0. The number of ether oxygens (including phenoxy) is 1. The molecule has 0 aliphatic heterocycles. The van der Waals surface area contributed by atoms with Gasteiger partial charge >= 0.3 is 0 Å². The van der Waals surface area contributed by atoms with Crippen LogP contribution in [0.1, 0.15) is 5.56 Å². The third-order valence-electron chi connectivity index (χ3n) is 2.53. The number of benzene rings is 2. The molecule has 2 rings (SSSR count). The minimum absolute atomic E-state index is 0.0803. The van der Waals surface area contributed by atoms with E-state index in [0.29, 0.717) is 15.8 Å². The first-order valence-corrected chi connectivity index (χ1v) is 6.65. The molecule has 0 bridgehead atoms. The van der Waals surface area contributed by atoms with Crippen molar-refractivity contribution in [1.82, 2.24) is 0 Å². The number of halogens is 3. The van der Waals surface area contributed by atoms with Gasteiger partial charge in [-0.25, -0.2) is 4.39 Å². The fourth-order valence-electron chi connectivity index (χ4n) is 1.49. The van der Waals surface area contributed by atoms with Gasteiger partial charge in [0.1, 0.15) is 18.2 Å². The Bertz CT molecular complexity index is 666. The van der Waals surface area contributed by atoms with Crippen LogP contribution in [0.4, 0.5) is 10.1 Å². The molecule has 20 heavy (non-hydrogen) atoms. The first-order chi connectivity index (χ1) is 9.47. The van der Waals surface area contributed by atoms with E-state index in [9.17, 15) is 14.5 Å². The summed E-state index contributed by atoms with van der Waals surface area (Å²) >= 11 is 9.00. The summed E-state index contributed by atoms with van der Waals surface area (Å²) in [7, 11) is 0. The van der Waals surface area contributed by atoms with Crippen LogP contribution in [-0.4, -0.2) is 4.92 Å². The molecule has 0 N–H and O–H groups in total. The predicted molar refractivity (Wildman–Crippen MR) is 76.5 cm³/mol. The Labute approximate surface area is 127 Å².